The summed E-state index contributed by atoms with van der Waals surface area (Å²) in [6, 6.07) is 7.71. The molecule has 1 heterocycles. The summed E-state index contributed by atoms with van der Waals surface area (Å²) >= 11 is 1.66. The number of amides is 1. The monoisotopic (exact) mass is 515 g/mol. The molecule has 4 rings (SSSR count). The Bertz CT molecular complexity index is 1060. The molecular weight excluding hydrogens is 474 g/mol. The van der Waals surface area contributed by atoms with Crippen LogP contribution in [-0.2, 0) is 17.8 Å². The number of unbranched alkanes of at least 4 members (excludes halogenated alkanes) is 1. The quantitative estimate of drug-likeness (QED) is 0.348. The molecule has 2 aromatic rings. The zero-order chi connectivity index (χ0) is 25.9. The van der Waals surface area contributed by atoms with Gasteiger partial charge in [-0.25, -0.2) is 4.98 Å². The Kier molecular flexibility index (Phi) is 8.27. The molecule has 0 radical (unpaired) electrons. The van der Waals surface area contributed by atoms with Gasteiger partial charge in [0.1, 0.15) is 5.75 Å². The summed E-state index contributed by atoms with van der Waals surface area (Å²) in [5, 5.41) is 28.8. The maximum absolute atomic E-state index is 13.3. The minimum absolute atomic E-state index is 0.0240. The third kappa shape index (κ3) is 5.00. The molecule has 7 nitrogen and oxygen atoms in total. The number of methoxy groups -OCH3 is 1. The Hall–Kier alpha value is -2.16. The Morgan fingerprint density at radius 3 is 2.81 bits per heavy atom. The predicted octanol–water partition coefficient (Wildman–Crippen LogP) is 4.49. The van der Waals surface area contributed by atoms with Gasteiger partial charge in [-0.15, -0.1) is 11.3 Å². The van der Waals surface area contributed by atoms with Gasteiger partial charge in [0, 0.05) is 41.3 Å². The van der Waals surface area contributed by atoms with Crippen molar-refractivity contribution in [3.8, 4) is 5.75 Å². The number of benzene rings is 1. The SMILES string of the molecule is CCCCNc1nc2c(s1)CC1C(C)(CO)C(O)CCC1(C)C2CC(=O)NCc1ccccc1OC. The van der Waals surface area contributed by atoms with Crippen LogP contribution in [0.3, 0.4) is 0 Å². The molecule has 0 bridgehead atoms. The Balaban J connectivity index is 1.61. The second kappa shape index (κ2) is 11.1. The van der Waals surface area contributed by atoms with E-state index in [4.69, 9.17) is 9.72 Å². The Morgan fingerprint density at radius 2 is 2.08 bits per heavy atom. The van der Waals surface area contributed by atoms with Gasteiger partial charge < -0.3 is 25.6 Å². The number of thiazole rings is 1. The Morgan fingerprint density at radius 1 is 1.31 bits per heavy atom. The van der Waals surface area contributed by atoms with Crippen LogP contribution < -0.4 is 15.4 Å². The molecule has 5 atom stereocenters. The van der Waals surface area contributed by atoms with E-state index in [0.717, 1.165) is 54.4 Å². The fraction of sp³-hybridized carbons (Fsp3) is 0.643. The van der Waals surface area contributed by atoms with Crippen LogP contribution in [-0.4, -0.2) is 47.5 Å². The number of aliphatic hydroxyl groups excluding tert-OH is 2. The summed E-state index contributed by atoms with van der Waals surface area (Å²) in [6.07, 6.45) is 4.14. The number of anilines is 1. The van der Waals surface area contributed by atoms with Gasteiger partial charge in [-0.3, -0.25) is 4.79 Å². The van der Waals surface area contributed by atoms with E-state index in [9.17, 15) is 15.0 Å². The summed E-state index contributed by atoms with van der Waals surface area (Å²) in [5.41, 5.74) is 1.09. The van der Waals surface area contributed by atoms with Crippen LogP contribution in [0.2, 0.25) is 0 Å². The van der Waals surface area contributed by atoms with Gasteiger partial charge in [-0.05, 0) is 43.1 Å². The second-order valence-corrected chi connectivity index (χ2v) is 12.0. The first-order valence-electron chi connectivity index (χ1n) is 13.2. The standard InChI is InChI=1S/C28H41N3O4S/c1-5-6-13-29-26-31-25-19(14-24(34)30-16-18-9-7-8-10-20(18)35-4)27(2)12-11-23(33)28(3,17-32)22(27)15-21(25)36-26/h7-10,19,22-23,32-33H,5-6,11-17H2,1-4H3,(H,29,31)(H,30,34). The highest BCUT2D eigenvalue weighted by Gasteiger charge is 2.59. The zero-order valence-electron chi connectivity index (χ0n) is 22.0. The second-order valence-electron chi connectivity index (χ2n) is 10.9. The van der Waals surface area contributed by atoms with Crippen molar-refractivity contribution in [2.75, 3.05) is 25.6 Å². The first-order valence-corrected chi connectivity index (χ1v) is 14.0. The largest absolute Gasteiger partial charge is 0.496 e. The van der Waals surface area contributed by atoms with E-state index in [-0.39, 0.29) is 29.8 Å². The molecule has 0 spiro atoms. The summed E-state index contributed by atoms with van der Waals surface area (Å²) in [5.74, 6) is 0.707. The van der Waals surface area contributed by atoms with Gasteiger partial charge in [0.2, 0.25) is 5.91 Å². The van der Waals surface area contributed by atoms with E-state index in [0.29, 0.717) is 19.4 Å². The zero-order valence-corrected chi connectivity index (χ0v) is 22.8. The molecule has 2 aliphatic rings. The van der Waals surface area contributed by atoms with Gasteiger partial charge in [0.25, 0.3) is 0 Å². The summed E-state index contributed by atoms with van der Waals surface area (Å²) in [7, 11) is 1.63. The van der Waals surface area contributed by atoms with Crippen LogP contribution in [0.5, 0.6) is 5.75 Å². The lowest BCUT2D eigenvalue weighted by molar-refractivity contribution is -0.144. The van der Waals surface area contributed by atoms with E-state index in [1.165, 1.54) is 4.88 Å². The fourth-order valence-corrected chi connectivity index (χ4v) is 7.49. The number of nitrogens with zero attached hydrogens (tertiary/aromatic N) is 1. The van der Waals surface area contributed by atoms with Crippen LogP contribution in [0, 0.1) is 16.7 Å². The topological polar surface area (TPSA) is 104 Å². The maximum Gasteiger partial charge on any atom is 0.220 e. The maximum atomic E-state index is 13.3. The van der Waals surface area contributed by atoms with Crippen LogP contribution in [0.25, 0.3) is 0 Å². The lowest BCUT2D eigenvalue weighted by Gasteiger charge is -2.58. The number of hydrogen-bond donors (Lipinski definition) is 4. The van der Waals surface area contributed by atoms with Crippen molar-refractivity contribution in [3.05, 3.63) is 40.4 Å². The minimum atomic E-state index is -0.614. The molecule has 5 unspecified atom stereocenters. The molecule has 1 fully saturated rings. The van der Waals surface area contributed by atoms with Crippen molar-refractivity contribution < 1.29 is 19.7 Å². The number of nitrogens with one attached hydrogen (secondary N) is 2. The van der Waals surface area contributed by atoms with E-state index >= 15 is 0 Å². The highest BCUT2D eigenvalue weighted by molar-refractivity contribution is 7.15. The molecule has 1 aromatic heterocycles. The predicted molar refractivity (Wildman–Crippen MR) is 143 cm³/mol. The van der Waals surface area contributed by atoms with Gasteiger partial charge >= 0.3 is 0 Å². The lowest BCUT2D eigenvalue weighted by atomic mass is 9.47. The van der Waals surface area contributed by atoms with Crippen molar-refractivity contribution >= 4 is 22.4 Å². The van der Waals surface area contributed by atoms with Gasteiger partial charge in [0.15, 0.2) is 5.13 Å². The first-order chi connectivity index (χ1) is 17.3. The molecule has 8 heteroatoms. The smallest absolute Gasteiger partial charge is 0.220 e. The summed E-state index contributed by atoms with van der Waals surface area (Å²) in [4.78, 5) is 19.5. The number of carbonyl (C=O) groups excluding carboxylic acids is 1. The molecular formula is C28H41N3O4S. The molecule has 198 valence electrons. The number of hydrogen-bond acceptors (Lipinski definition) is 7. The highest BCUT2D eigenvalue weighted by atomic mass is 32.1. The third-order valence-electron chi connectivity index (χ3n) is 8.76. The van der Waals surface area contributed by atoms with Crippen LogP contribution in [0.15, 0.2) is 24.3 Å². The van der Waals surface area contributed by atoms with Crippen LogP contribution in [0.1, 0.15) is 74.9 Å². The molecule has 0 saturated heterocycles. The fourth-order valence-electron chi connectivity index (χ4n) is 6.39. The Labute approximate surface area is 218 Å². The van der Waals surface area contributed by atoms with Crippen molar-refractivity contribution in [2.45, 2.75) is 77.9 Å². The summed E-state index contributed by atoms with van der Waals surface area (Å²) in [6.45, 7) is 7.61. The third-order valence-corrected chi connectivity index (χ3v) is 9.81. The number of ether oxygens (including phenoxy) is 1. The van der Waals surface area contributed by atoms with E-state index < -0.39 is 11.5 Å². The van der Waals surface area contributed by atoms with E-state index in [1.807, 2.05) is 31.2 Å². The van der Waals surface area contributed by atoms with Gasteiger partial charge in [-0.1, -0.05) is 45.4 Å². The molecule has 1 saturated carbocycles. The number of rotatable bonds is 10. The molecule has 2 aliphatic carbocycles. The van der Waals surface area contributed by atoms with Crippen molar-refractivity contribution in [1.82, 2.24) is 10.3 Å². The highest BCUT2D eigenvalue weighted by Crippen LogP contribution is 2.62. The molecule has 1 amide bonds. The normalized spacial score (nSPS) is 29.2. The van der Waals surface area contributed by atoms with Gasteiger partial charge in [-0.2, -0.15) is 0 Å². The van der Waals surface area contributed by atoms with Crippen LogP contribution >= 0.6 is 11.3 Å². The number of aromatic nitrogens is 1. The van der Waals surface area contributed by atoms with Crippen molar-refractivity contribution in [2.24, 2.45) is 16.7 Å². The molecule has 4 N–H and O–H groups in total. The van der Waals surface area contributed by atoms with E-state index in [2.05, 4.69) is 24.5 Å². The van der Waals surface area contributed by atoms with Crippen LogP contribution in [0.4, 0.5) is 5.13 Å². The number of aliphatic hydroxyl groups is 2. The molecule has 36 heavy (non-hydrogen) atoms. The summed E-state index contributed by atoms with van der Waals surface area (Å²) < 4.78 is 5.43. The lowest BCUT2D eigenvalue weighted by Crippen LogP contribution is -2.57. The first kappa shape index (κ1) is 26.9. The van der Waals surface area contributed by atoms with Crippen molar-refractivity contribution in [1.29, 1.82) is 0 Å². The average Bonchev–Trinajstić information content (AvgIpc) is 3.29. The van der Waals surface area contributed by atoms with Gasteiger partial charge in [0.05, 0.1) is 25.5 Å². The average molecular weight is 516 g/mol. The number of fused-ring (bicyclic) bond motifs is 2. The molecule has 0 aliphatic heterocycles. The minimum Gasteiger partial charge on any atom is -0.496 e. The van der Waals surface area contributed by atoms with Crippen molar-refractivity contribution in [3.63, 3.8) is 0 Å². The molecule has 1 aromatic carbocycles. The number of para-hydroxylation sites is 1. The number of carbonyl (C=O) groups is 1. The van der Waals surface area contributed by atoms with E-state index in [1.54, 1.807) is 18.4 Å².